The second-order valence-electron chi connectivity index (χ2n) is 5.51. The summed E-state index contributed by atoms with van der Waals surface area (Å²) in [6.45, 7) is 5.34. The van der Waals surface area contributed by atoms with Crippen LogP contribution < -0.4 is 10.6 Å². The molecule has 2 saturated heterocycles. The Balaban J connectivity index is 1.71. The summed E-state index contributed by atoms with van der Waals surface area (Å²) in [5.74, 6) is 0.263. The molecule has 0 aliphatic carbocycles. The first-order valence-corrected chi connectivity index (χ1v) is 7.63. The molecule has 114 valence electrons. The van der Waals surface area contributed by atoms with Gasteiger partial charge in [-0.05, 0) is 39.2 Å². The van der Waals surface area contributed by atoms with Crippen LogP contribution in [0.4, 0.5) is 4.79 Å². The van der Waals surface area contributed by atoms with Gasteiger partial charge in [0.05, 0.1) is 12.5 Å². The zero-order valence-electron chi connectivity index (χ0n) is 12.2. The van der Waals surface area contributed by atoms with Gasteiger partial charge in [0, 0.05) is 25.7 Å². The van der Waals surface area contributed by atoms with Crippen LogP contribution in [0.2, 0.25) is 0 Å². The molecule has 0 saturated carbocycles. The zero-order chi connectivity index (χ0) is 14.4. The van der Waals surface area contributed by atoms with E-state index < -0.39 is 0 Å². The maximum absolute atomic E-state index is 12.1. The third kappa shape index (κ3) is 4.10. The predicted octanol–water partition coefficient (Wildman–Crippen LogP) is 0.723. The molecule has 0 aromatic carbocycles. The lowest BCUT2D eigenvalue weighted by atomic mass is 9.97. The van der Waals surface area contributed by atoms with Gasteiger partial charge in [-0.1, -0.05) is 0 Å². The van der Waals surface area contributed by atoms with E-state index >= 15 is 0 Å². The van der Waals surface area contributed by atoms with E-state index in [9.17, 15) is 9.59 Å². The molecule has 0 aromatic heterocycles. The molecule has 2 rings (SSSR count). The van der Waals surface area contributed by atoms with Crippen molar-refractivity contribution in [2.24, 2.45) is 5.92 Å². The molecule has 0 spiro atoms. The number of likely N-dealkylation sites (tertiary alicyclic amines) is 1. The molecule has 0 aromatic rings. The normalized spacial score (nSPS) is 24.2. The lowest BCUT2D eigenvalue weighted by Crippen LogP contribution is -2.49. The number of piperidine rings is 2. The number of hydrogen-bond acceptors (Lipinski definition) is 4. The van der Waals surface area contributed by atoms with Gasteiger partial charge in [0.1, 0.15) is 0 Å². The molecule has 0 radical (unpaired) electrons. The lowest BCUT2D eigenvalue weighted by molar-refractivity contribution is -0.126. The third-order valence-corrected chi connectivity index (χ3v) is 4.04. The van der Waals surface area contributed by atoms with Crippen LogP contribution in [0.1, 0.15) is 32.6 Å². The Morgan fingerprint density at radius 1 is 1.30 bits per heavy atom. The first kappa shape index (κ1) is 15.1. The quantitative estimate of drug-likeness (QED) is 0.801. The van der Waals surface area contributed by atoms with Crippen molar-refractivity contribution >= 4 is 12.0 Å². The van der Waals surface area contributed by atoms with E-state index in [1.807, 2.05) is 6.92 Å². The van der Waals surface area contributed by atoms with Crippen LogP contribution in [-0.4, -0.2) is 55.7 Å². The highest BCUT2D eigenvalue weighted by atomic mass is 16.6. The van der Waals surface area contributed by atoms with E-state index in [1.165, 1.54) is 0 Å². The van der Waals surface area contributed by atoms with Crippen molar-refractivity contribution in [1.29, 1.82) is 0 Å². The van der Waals surface area contributed by atoms with Crippen molar-refractivity contribution in [2.45, 2.75) is 38.6 Å². The fourth-order valence-electron chi connectivity index (χ4n) is 2.82. The van der Waals surface area contributed by atoms with Crippen molar-refractivity contribution in [3.63, 3.8) is 0 Å². The summed E-state index contributed by atoms with van der Waals surface area (Å²) in [5, 5.41) is 6.38. The van der Waals surface area contributed by atoms with Crippen LogP contribution in [0, 0.1) is 5.92 Å². The van der Waals surface area contributed by atoms with Crippen molar-refractivity contribution in [3.8, 4) is 0 Å². The van der Waals surface area contributed by atoms with E-state index in [1.54, 1.807) is 4.90 Å². The average molecular weight is 283 g/mol. The van der Waals surface area contributed by atoms with Gasteiger partial charge in [-0.25, -0.2) is 4.79 Å². The molecule has 20 heavy (non-hydrogen) atoms. The highest BCUT2D eigenvalue weighted by Gasteiger charge is 2.27. The van der Waals surface area contributed by atoms with Gasteiger partial charge in [0.2, 0.25) is 5.91 Å². The fourth-order valence-corrected chi connectivity index (χ4v) is 2.82. The lowest BCUT2D eigenvalue weighted by Gasteiger charge is -2.33. The number of nitrogens with zero attached hydrogens (tertiary/aromatic N) is 1. The number of rotatable bonds is 3. The smallest absolute Gasteiger partial charge is 0.409 e. The van der Waals surface area contributed by atoms with Crippen molar-refractivity contribution in [3.05, 3.63) is 0 Å². The molecule has 2 heterocycles. The first-order chi connectivity index (χ1) is 9.70. The standard InChI is InChI=1S/C14H25N3O3/c1-2-20-14(19)17-8-5-12(6-9-17)16-13(18)11-4-3-7-15-10-11/h11-12,15H,2-10H2,1H3,(H,16,18). The predicted molar refractivity (Wildman–Crippen MR) is 75.4 cm³/mol. The highest BCUT2D eigenvalue weighted by molar-refractivity contribution is 5.79. The van der Waals surface area contributed by atoms with Crippen LogP contribution in [0.5, 0.6) is 0 Å². The van der Waals surface area contributed by atoms with Gasteiger partial charge in [-0.2, -0.15) is 0 Å². The Kier molecular flexibility index (Phi) is 5.64. The second kappa shape index (κ2) is 7.47. The van der Waals surface area contributed by atoms with Crippen LogP contribution in [0.25, 0.3) is 0 Å². The maximum Gasteiger partial charge on any atom is 0.409 e. The summed E-state index contributed by atoms with van der Waals surface area (Å²) in [6, 6.07) is 0.190. The van der Waals surface area contributed by atoms with Gasteiger partial charge in [-0.3, -0.25) is 4.79 Å². The van der Waals surface area contributed by atoms with Crippen molar-refractivity contribution in [2.75, 3.05) is 32.8 Å². The van der Waals surface area contributed by atoms with E-state index in [-0.39, 0.29) is 24.0 Å². The Morgan fingerprint density at radius 2 is 2.05 bits per heavy atom. The molecule has 1 unspecified atom stereocenters. The molecule has 2 aliphatic rings. The summed E-state index contributed by atoms with van der Waals surface area (Å²) in [4.78, 5) is 25.4. The van der Waals surface area contributed by atoms with Gasteiger partial charge < -0.3 is 20.3 Å². The van der Waals surface area contributed by atoms with Gasteiger partial charge in [0.15, 0.2) is 0 Å². The first-order valence-electron chi connectivity index (χ1n) is 7.63. The molecule has 0 bridgehead atoms. The Bertz CT molecular complexity index is 335. The molecule has 2 amide bonds. The van der Waals surface area contributed by atoms with Gasteiger partial charge >= 0.3 is 6.09 Å². The largest absolute Gasteiger partial charge is 0.450 e. The molecule has 6 heteroatoms. The summed E-state index contributed by atoms with van der Waals surface area (Å²) < 4.78 is 4.98. The minimum absolute atomic E-state index is 0.104. The van der Waals surface area contributed by atoms with Gasteiger partial charge in [0.25, 0.3) is 0 Å². The molecular formula is C14H25N3O3. The molecule has 2 fully saturated rings. The van der Waals surface area contributed by atoms with Crippen molar-refractivity contribution < 1.29 is 14.3 Å². The number of carbonyl (C=O) groups excluding carboxylic acids is 2. The topological polar surface area (TPSA) is 70.7 Å². The summed E-state index contributed by atoms with van der Waals surface area (Å²) in [5.41, 5.74) is 0. The third-order valence-electron chi connectivity index (χ3n) is 4.04. The molecule has 2 N–H and O–H groups in total. The molecular weight excluding hydrogens is 258 g/mol. The van der Waals surface area contributed by atoms with Crippen LogP contribution >= 0.6 is 0 Å². The minimum Gasteiger partial charge on any atom is -0.450 e. The summed E-state index contributed by atoms with van der Waals surface area (Å²) >= 11 is 0. The Morgan fingerprint density at radius 3 is 2.65 bits per heavy atom. The number of ether oxygens (including phenoxy) is 1. The maximum atomic E-state index is 12.1. The Labute approximate surface area is 120 Å². The van der Waals surface area contributed by atoms with Crippen molar-refractivity contribution in [1.82, 2.24) is 15.5 Å². The summed E-state index contributed by atoms with van der Waals surface area (Å²) in [7, 11) is 0. The molecule has 6 nitrogen and oxygen atoms in total. The molecule has 2 aliphatic heterocycles. The van der Waals surface area contributed by atoms with Crippen LogP contribution in [-0.2, 0) is 9.53 Å². The monoisotopic (exact) mass is 283 g/mol. The number of carbonyl (C=O) groups is 2. The van der Waals surface area contributed by atoms with E-state index in [0.717, 1.165) is 38.8 Å². The van der Waals surface area contributed by atoms with E-state index in [0.29, 0.717) is 19.7 Å². The van der Waals surface area contributed by atoms with Crippen LogP contribution in [0.15, 0.2) is 0 Å². The van der Waals surface area contributed by atoms with E-state index in [4.69, 9.17) is 4.74 Å². The SMILES string of the molecule is CCOC(=O)N1CCC(NC(=O)C2CCCNC2)CC1. The minimum atomic E-state index is -0.242. The summed E-state index contributed by atoms with van der Waals surface area (Å²) in [6.07, 6.45) is 3.42. The fraction of sp³-hybridized carbons (Fsp3) is 0.857. The van der Waals surface area contributed by atoms with Gasteiger partial charge in [-0.15, -0.1) is 0 Å². The highest BCUT2D eigenvalue weighted by Crippen LogP contribution is 2.14. The number of hydrogen-bond donors (Lipinski definition) is 2. The average Bonchev–Trinajstić information content (AvgIpc) is 2.49. The van der Waals surface area contributed by atoms with Crippen LogP contribution in [0.3, 0.4) is 0 Å². The molecule has 1 atom stereocenters. The number of nitrogens with one attached hydrogen (secondary N) is 2. The van der Waals surface area contributed by atoms with E-state index in [2.05, 4.69) is 10.6 Å². The number of amides is 2. The second-order valence-corrected chi connectivity index (χ2v) is 5.51. The Hall–Kier alpha value is -1.30. The zero-order valence-corrected chi connectivity index (χ0v) is 12.2.